The summed E-state index contributed by atoms with van der Waals surface area (Å²) in [6.07, 6.45) is 3.21. The van der Waals surface area contributed by atoms with E-state index in [9.17, 15) is 4.79 Å². The molecule has 1 aliphatic rings. The van der Waals surface area contributed by atoms with Crippen LogP contribution in [0.5, 0.6) is 0 Å². The Hall–Kier alpha value is -1.80. The first-order chi connectivity index (χ1) is 10.2. The van der Waals surface area contributed by atoms with Gasteiger partial charge in [0, 0.05) is 7.05 Å². The number of aryl methyl sites for hydroxylation is 1. The van der Waals surface area contributed by atoms with Gasteiger partial charge in [0.05, 0.1) is 16.6 Å². The summed E-state index contributed by atoms with van der Waals surface area (Å²) < 4.78 is 0. The first-order valence-electron chi connectivity index (χ1n) is 7.28. The zero-order chi connectivity index (χ0) is 14.8. The highest BCUT2D eigenvalue weighted by Crippen LogP contribution is 2.34. The Balaban J connectivity index is 1.91. The van der Waals surface area contributed by atoms with Crippen LogP contribution in [0.3, 0.4) is 0 Å². The molecule has 0 bridgehead atoms. The molecular formula is C18H18ClNO. The highest BCUT2D eigenvalue weighted by atomic mass is 35.5. The molecule has 0 aliphatic heterocycles. The predicted molar refractivity (Wildman–Crippen MR) is 85.7 cm³/mol. The lowest BCUT2D eigenvalue weighted by Crippen LogP contribution is -2.33. The number of carbonyl (C=O) groups excluding carboxylic acids is 1. The molecule has 108 valence electrons. The normalized spacial score (nSPS) is 17.1. The molecule has 2 nitrogen and oxygen atoms in total. The monoisotopic (exact) mass is 299 g/mol. The third-order valence-corrected chi connectivity index (χ3v) is 4.56. The predicted octanol–water partition coefficient (Wildman–Crippen LogP) is 4.49. The SMILES string of the molecule is CN(C(=O)c1ccccc1Cl)C1CCCc2ccccc21. The quantitative estimate of drug-likeness (QED) is 0.800. The van der Waals surface area contributed by atoms with Crippen molar-refractivity contribution in [2.45, 2.75) is 25.3 Å². The molecule has 1 atom stereocenters. The number of carbonyl (C=O) groups is 1. The van der Waals surface area contributed by atoms with E-state index in [0.717, 1.165) is 19.3 Å². The molecule has 3 heteroatoms. The first kappa shape index (κ1) is 14.2. The lowest BCUT2D eigenvalue weighted by Gasteiger charge is -2.33. The summed E-state index contributed by atoms with van der Waals surface area (Å²) in [6, 6.07) is 15.8. The zero-order valence-corrected chi connectivity index (χ0v) is 12.8. The van der Waals surface area contributed by atoms with Crippen molar-refractivity contribution in [1.82, 2.24) is 4.90 Å². The fourth-order valence-electron chi connectivity index (χ4n) is 3.10. The Morgan fingerprint density at radius 1 is 1.14 bits per heavy atom. The van der Waals surface area contributed by atoms with Crippen LogP contribution in [0.15, 0.2) is 48.5 Å². The molecule has 3 rings (SSSR count). The molecule has 0 spiro atoms. The number of hydrogen-bond donors (Lipinski definition) is 0. The van der Waals surface area contributed by atoms with Crippen LogP contribution in [-0.2, 0) is 6.42 Å². The van der Waals surface area contributed by atoms with Crippen molar-refractivity contribution < 1.29 is 4.79 Å². The standard InChI is InChI=1S/C18H18ClNO/c1-20(18(21)15-10-4-5-11-16(15)19)17-12-6-8-13-7-2-3-9-14(13)17/h2-5,7,9-11,17H,6,8,12H2,1H3. The minimum atomic E-state index is -0.0118. The van der Waals surface area contributed by atoms with E-state index >= 15 is 0 Å². The van der Waals surface area contributed by atoms with Gasteiger partial charge in [-0.05, 0) is 42.5 Å². The molecule has 0 radical (unpaired) electrons. The van der Waals surface area contributed by atoms with Crippen molar-refractivity contribution >= 4 is 17.5 Å². The zero-order valence-electron chi connectivity index (χ0n) is 12.1. The van der Waals surface area contributed by atoms with Gasteiger partial charge >= 0.3 is 0 Å². The van der Waals surface area contributed by atoms with Gasteiger partial charge < -0.3 is 4.90 Å². The van der Waals surface area contributed by atoms with Crippen LogP contribution in [0, 0.1) is 0 Å². The molecule has 2 aromatic carbocycles. The van der Waals surface area contributed by atoms with Gasteiger partial charge in [-0.25, -0.2) is 0 Å². The number of rotatable bonds is 2. The van der Waals surface area contributed by atoms with Crippen LogP contribution in [0.4, 0.5) is 0 Å². The maximum atomic E-state index is 12.7. The molecule has 1 aliphatic carbocycles. The van der Waals surface area contributed by atoms with Gasteiger partial charge in [0.15, 0.2) is 0 Å². The molecule has 0 heterocycles. The minimum Gasteiger partial charge on any atom is -0.335 e. The Bertz CT molecular complexity index is 668. The Morgan fingerprint density at radius 2 is 1.86 bits per heavy atom. The number of fused-ring (bicyclic) bond motifs is 1. The molecule has 0 fully saturated rings. The molecule has 0 saturated carbocycles. The van der Waals surface area contributed by atoms with Crippen LogP contribution in [0.2, 0.25) is 5.02 Å². The maximum Gasteiger partial charge on any atom is 0.255 e. The third kappa shape index (κ3) is 2.68. The van der Waals surface area contributed by atoms with Gasteiger partial charge in [0.2, 0.25) is 0 Å². The molecule has 0 aromatic heterocycles. The van der Waals surface area contributed by atoms with E-state index in [-0.39, 0.29) is 11.9 Å². The molecule has 0 N–H and O–H groups in total. The second-order valence-electron chi connectivity index (χ2n) is 5.50. The van der Waals surface area contributed by atoms with Crippen molar-refractivity contribution in [1.29, 1.82) is 0 Å². The van der Waals surface area contributed by atoms with Gasteiger partial charge in [-0.1, -0.05) is 48.0 Å². The lowest BCUT2D eigenvalue weighted by atomic mass is 9.87. The van der Waals surface area contributed by atoms with E-state index in [4.69, 9.17) is 11.6 Å². The molecule has 2 aromatic rings. The Kier molecular flexibility index (Phi) is 3.98. The summed E-state index contributed by atoms with van der Waals surface area (Å²) in [7, 11) is 1.87. The summed E-state index contributed by atoms with van der Waals surface area (Å²) in [5.74, 6) is -0.0118. The van der Waals surface area contributed by atoms with E-state index in [2.05, 4.69) is 18.2 Å². The smallest absolute Gasteiger partial charge is 0.255 e. The molecule has 1 unspecified atom stereocenters. The summed E-state index contributed by atoms with van der Waals surface area (Å²) >= 11 is 6.15. The minimum absolute atomic E-state index is 0.0118. The highest BCUT2D eigenvalue weighted by Gasteiger charge is 2.27. The molecule has 21 heavy (non-hydrogen) atoms. The second-order valence-corrected chi connectivity index (χ2v) is 5.91. The second kappa shape index (κ2) is 5.90. The largest absolute Gasteiger partial charge is 0.335 e. The maximum absolute atomic E-state index is 12.7. The summed E-state index contributed by atoms with van der Waals surface area (Å²) in [5, 5.41) is 0.512. The number of halogens is 1. The fraction of sp³-hybridized carbons (Fsp3) is 0.278. The van der Waals surface area contributed by atoms with Crippen molar-refractivity contribution in [3.63, 3.8) is 0 Å². The summed E-state index contributed by atoms with van der Waals surface area (Å²) in [6.45, 7) is 0. The molecule has 0 saturated heterocycles. The number of amides is 1. The van der Waals surface area contributed by atoms with Gasteiger partial charge in [-0.3, -0.25) is 4.79 Å². The van der Waals surface area contributed by atoms with Crippen molar-refractivity contribution in [2.75, 3.05) is 7.05 Å². The molecular weight excluding hydrogens is 282 g/mol. The van der Waals surface area contributed by atoms with E-state index in [0.29, 0.717) is 10.6 Å². The van der Waals surface area contributed by atoms with E-state index in [1.807, 2.05) is 30.1 Å². The third-order valence-electron chi connectivity index (χ3n) is 4.23. The van der Waals surface area contributed by atoms with Crippen LogP contribution in [0.25, 0.3) is 0 Å². The highest BCUT2D eigenvalue weighted by molar-refractivity contribution is 6.33. The fourth-order valence-corrected chi connectivity index (χ4v) is 3.31. The van der Waals surface area contributed by atoms with Crippen molar-refractivity contribution in [3.8, 4) is 0 Å². The number of benzene rings is 2. The van der Waals surface area contributed by atoms with E-state index < -0.39 is 0 Å². The van der Waals surface area contributed by atoms with Gasteiger partial charge in [-0.2, -0.15) is 0 Å². The van der Waals surface area contributed by atoms with E-state index in [1.165, 1.54) is 11.1 Å². The summed E-state index contributed by atoms with van der Waals surface area (Å²) in [4.78, 5) is 14.5. The topological polar surface area (TPSA) is 20.3 Å². The van der Waals surface area contributed by atoms with E-state index in [1.54, 1.807) is 12.1 Å². The average molecular weight is 300 g/mol. The molecule has 1 amide bonds. The Morgan fingerprint density at radius 3 is 2.67 bits per heavy atom. The lowest BCUT2D eigenvalue weighted by molar-refractivity contribution is 0.0715. The van der Waals surface area contributed by atoms with Gasteiger partial charge in [0.25, 0.3) is 5.91 Å². The van der Waals surface area contributed by atoms with Crippen molar-refractivity contribution in [3.05, 3.63) is 70.2 Å². The van der Waals surface area contributed by atoms with Crippen LogP contribution in [-0.4, -0.2) is 17.9 Å². The van der Waals surface area contributed by atoms with Crippen LogP contribution in [0.1, 0.15) is 40.4 Å². The average Bonchev–Trinajstić information content (AvgIpc) is 2.53. The summed E-state index contributed by atoms with van der Waals surface area (Å²) in [5.41, 5.74) is 3.20. The number of nitrogens with zero attached hydrogens (tertiary/aromatic N) is 1. The van der Waals surface area contributed by atoms with Crippen molar-refractivity contribution in [2.24, 2.45) is 0 Å². The van der Waals surface area contributed by atoms with Crippen LogP contribution < -0.4 is 0 Å². The Labute approximate surface area is 130 Å². The van der Waals surface area contributed by atoms with Crippen LogP contribution >= 0.6 is 11.6 Å². The van der Waals surface area contributed by atoms with Gasteiger partial charge in [0.1, 0.15) is 0 Å². The van der Waals surface area contributed by atoms with Gasteiger partial charge in [-0.15, -0.1) is 0 Å². The first-order valence-corrected chi connectivity index (χ1v) is 7.66. The number of hydrogen-bond acceptors (Lipinski definition) is 1.